The number of hydrogen-bond donors (Lipinski definition) is 3. The topological polar surface area (TPSA) is 79.5 Å². The van der Waals surface area contributed by atoms with Gasteiger partial charge < -0.3 is 4.74 Å². The van der Waals surface area contributed by atoms with Gasteiger partial charge in [0.1, 0.15) is 5.75 Å². The maximum Gasteiger partial charge on any atom is 0.269 e. The van der Waals surface area contributed by atoms with Crippen LogP contribution in [0.15, 0.2) is 46.9 Å². The van der Waals surface area contributed by atoms with Crippen molar-refractivity contribution in [2.24, 2.45) is 0 Å². The van der Waals surface area contributed by atoms with E-state index in [9.17, 15) is 9.59 Å². The highest BCUT2D eigenvalue weighted by atomic mass is 79.9. The number of rotatable bonds is 3. The third kappa shape index (κ3) is 5.01. The van der Waals surface area contributed by atoms with Crippen molar-refractivity contribution in [1.29, 1.82) is 0 Å². The van der Waals surface area contributed by atoms with Crippen molar-refractivity contribution < 1.29 is 14.3 Å². The van der Waals surface area contributed by atoms with Gasteiger partial charge >= 0.3 is 0 Å². The molecule has 0 radical (unpaired) electrons. The van der Waals surface area contributed by atoms with E-state index in [1.54, 1.807) is 30.3 Å². The largest absolute Gasteiger partial charge is 0.496 e. The van der Waals surface area contributed by atoms with Crippen molar-refractivity contribution >= 4 is 45.1 Å². The number of carbonyl (C=O) groups excluding carboxylic acids is 2. The van der Waals surface area contributed by atoms with Crippen LogP contribution in [-0.4, -0.2) is 24.0 Å². The lowest BCUT2D eigenvalue weighted by Crippen LogP contribution is -2.48. The first-order valence-corrected chi connectivity index (χ1v) is 8.43. The van der Waals surface area contributed by atoms with Gasteiger partial charge in [-0.2, -0.15) is 0 Å². The Morgan fingerprint density at radius 3 is 2.44 bits per heavy atom. The summed E-state index contributed by atoms with van der Waals surface area (Å²) in [5.74, 6) is -0.140. The molecule has 25 heavy (non-hydrogen) atoms. The molecule has 0 aliphatic rings. The standard InChI is InChI=1S/C17H16BrN3O3S/c1-10-5-3-4-6-12(10)16(23)19-17(25)21-20-15(22)11-7-8-14(24-2)13(18)9-11/h3-9H,1-2H3,(H,20,22)(H2,19,21,23,25). The van der Waals surface area contributed by atoms with E-state index in [2.05, 4.69) is 32.1 Å². The third-order valence-corrected chi connectivity index (χ3v) is 4.14. The summed E-state index contributed by atoms with van der Waals surface area (Å²) < 4.78 is 5.76. The molecule has 2 rings (SSSR count). The van der Waals surface area contributed by atoms with E-state index in [1.807, 2.05) is 19.1 Å². The number of hydrazine groups is 1. The molecule has 8 heteroatoms. The molecular weight excluding hydrogens is 406 g/mol. The lowest BCUT2D eigenvalue weighted by molar-refractivity contribution is 0.0934. The molecule has 0 atom stereocenters. The van der Waals surface area contributed by atoms with Gasteiger partial charge in [0.15, 0.2) is 5.11 Å². The van der Waals surface area contributed by atoms with Crippen LogP contribution in [-0.2, 0) is 0 Å². The molecule has 0 heterocycles. The van der Waals surface area contributed by atoms with E-state index in [4.69, 9.17) is 17.0 Å². The average Bonchev–Trinajstić information content (AvgIpc) is 2.59. The highest BCUT2D eigenvalue weighted by molar-refractivity contribution is 9.10. The molecule has 2 amide bonds. The first-order chi connectivity index (χ1) is 11.9. The van der Waals surface area contributed by atoms with Crippen molar-refractivity contribution in [2.45, 2.75) is 6.92 Å². The fourth-order valence-electron chi connectivity index (χ4n) is 2.02. The minimum Gasteiger partial charge on any atom is -0.496 e. The van der Waals surface area contributed by atoms with Crippen molar-refractivity contribution in [2.75, 3.05) is 7.11 Å². The Morgan fingerprint density at radius 2 is 1.80 bits per heavy atom. The van der Waals surface area contributed by atoms with E-state index in [-0.39, 0.29) is 11.0 Å². The molecule has 3 N–H and O–H groups in total. The van der Waals surface area contributed by atoms with E-state index < -0.39 is 5.91 Å². The molecule has 0 bridgehead atoms. The lowest BCUT2D eigenvalue weighted by atomic mass is 10.1. The zero-order valence-corrected chi connectivity index (χ0v) is 16.0. The van der Waals surface area contributed by atoms with Crippen LogP contribution in [0.3, 0.4) is 0 Å². The number of hydrogen-bond acceptors (Lipinski definition) is 4. The van der Waals surface area contributed by atoms with Crippen LogP contribution in [0.5, 0.6) is 5.75 Å². The maximum absolute atomic E-state index is 12.1. The molecule has 0 aliphatic heterocycles. The number of amides is 2. The highest BCUT2D eigenvalue weighted by Gasteiger charge is 2.12. The Labute approximate surface area is 159 Å². The van der Waals surface area contributed by atoms with E-state index in [0.29, 0.717) is 21.3 Å². The Balaban J connectivity index is 1.91. The quantitative estimate of drug-likeness (QED) is 0.524. The number of halogens is 1. The molecule has 0 saturated heterocycles. The Kier molecular flexibility index (Phi) is 6.49. The van der Waals surface area contributed by atoms with Gasteiger partial charge in [0.05, 0.1) is 11.6 Å². The second kappa shape index (κ2) is 8.59. The van der Waals surface area contributed by atoms with Crippen LogP contribution >= 0.6 is 28.1 Å². The Morgan fingerprint density at radius 1 is 1.08 bits per heavy atom. The molecule has 0 spiro atoms. The summed E-state index contributed by atoms with van der Waals surface area (Å²) in [4.78, 5) is 24.2. The zero-order valence-electron chi connectivity index (χ0n) is 13.6. The third-order valence-electron chi connectivity index (χ3n) is 3.32. The molecule has 0 aromatic heterocycles. The van der Waals surface area contributed by atoms with Gasteiger partial charge in [-0.05, 0) is 64.9 Å². The van der Waals surface area contributed by atoms with Crippen LogP contribution < -0.4 is 20.9 Å². The lowest BCUT2D eigenvalue weighted by Gasteiger charge is -2.12. The van der Waals surface area contributed by atoms with Crippen molar-refractivity contribution in [3.05, 3.63) is 63.6 Å². The van der Waals surface area contributed by atoms with Gasteiger partial charge in [-0.3, -0.25) is 25.8 Å². The first kappa shape index (κ1) is 18.9. The predicted octanol–water partition coefficient (Wildman–Crippen LogP) is 2.72. The van der Waals surface area contributed by atoms with E-state index >= 15 is 0 Å². The SMILES string of the molecule is COc1ccc(C(=O)NNC(=S)NC(=O)c2ccccc2C)cc1Br. The van der Waals surface area contributed by atoms with Crippen molar-refractivity contribution in [3.8, 4) is 5.75 Å². The van der Waals surface area contributed by atoms with E-state index in [1.165, 1.54) is 7.11 Å². The molecule has 130 valence electrons. The summed E-state index contributed by atoms with van der Waals surface area (Å²) in [5, 5.41) is 2.51. The summed E-state index contributed by atoms with van der Waals surface area (Å²) in [6.45, 7) is 1.83. The summed E-state index contributed by atoms with van der Waals surface area (Å²) in [5.41, 5.74) is 6.67. The van der Waals surface area contributed by atoms with Crippen LogP contribution in [0.2, 0.25) is 0 Å². The number of thiocarbonyl (C=S) groups is 1. The number of carbonyl (C=O) groups is 2. The monoisotopic (exact) mass is 421 g/mol. The second-order valence-corrected chi connectivity index (χ2v) is 6.29. The van der Waals surface area contributed by atoms with Gasteiger partial charge in [-0.25, -0.2) is 0 Å². The number of aryl methyl sites for hydroxylation is 1. The van der Waals surface area contributed by atoms with Gasteiger partial charge in [0, 0.05) is 11.1 Å². The van der Waals surface area contributed by atoms with Gasteiger partial charge in [-0.1, -0.05) is 18.2 Å². The second-order valence-electron chi connectivity index (χ2n) is 5.03. The minimum absolute atomic E-state index is 0.00539. The molecule has 0 fully saturated rings. The van der Waals surface area contributed by atoms with Crippen LogP contribution in [0.25, 0.3) is 0 Å². The molecule has 6 nitrogen and oxygen atoms in total. The number of ether oxygens (including phenoxy) is 1. The highest BCUT2D eigenvalue weighted by Crippen LogP contribution is 2.25. The minimum atomic E-state index is -0.407. The molecule has 2 aromatic carbocycles. The summed E-state index contributed by atoms with van der Waals surface area (Å²) >= 11 is 8.33. The Hall–Kier alpha value is -2.45. The number of nitrogens with one attached hydrogen (secondary N) is 3. The fraction of sp³-hybridized carbons (Fsp3) is 0.118. The summed E-state index contributed by atoms with van der Waals surface area (Å²) in [6.07, 6.45) is 0. The summed E-state index contributed by atoms with van der Waals surface area (Å²) in [6, 6.07) is 12.0. The molecule has 2 aromatic rings. The van der Waals surface area contributed by atoms with Gasteiger partial charge in [-0.15, -0.1) is 0 Å². The van der Waals surface area contributed by atoms with Crippen molar-refractivity contribution in [3.63, 3.8) is 0 Å². The van der Waals surface area contributed by atoms with Gasteiger partial charge in [0.25, 0.3) is 11.8 Å². The van der Waals surface area contributed by atoms with Gasteiger partial charge in [0.2, 0.25) is 0 Å². The first-order valence-electron chi connectivity index (χ1n) is 7.23. The fourth-order valence-corrected chi connectivity index (χ4v) is 2.71. The normalized spacial score (nSPS) is 9.88. The zero-order chi connectivity index (χ0) is 18.4. The number of methoxy groups -OCH3 is 1. The Bertz CT molecular complexity index is 827. The molecule has 0 unspecified atom stereocenters. The van der Waals surface area contributed by atoms with Crippen LogP contribution in [0.1, 0.15) is 26.3 Å². The molecule has 0 aliphatic carbocycles. The smallest absolute Gasteiger partial charge is 0.269 e. The van der Waals surface area contributed by atoms with E-state index in [0.717, 1.165) is 5.56 Å². The maximum atomic E-state index is 12.1. The molecule has 0 saturated carbocycles. The average molecular weight is 422 g/mol. The van der Waals surface area contributed by atoms with Crippen molar-refractivity contribution in [1.82, 2.24) is 16.2 Å². The molecular formula is C17H16BrN3O3S. The summed E-state index contributed by atoms with van der Waals surface area (Å²) in [7, 11) is 1.54. The van der Waals surface area contributed by atoms with Crippen LogP contribution in [0, 0.1) is 6.92 Å². The van der Waals surface area contributed by atoms with Crippen LogP contribution in [0.4, 0.5) is 0 Å². The predicted molar refractivity (Wildman–Crippen MR) is 103 cm³/mol. The number of benzene rings is 2.